The fourth-order valence-corrected chi connectivity index (χ4v) is 2.38. The first kappa shape index (κ1) is 13.8. The molecule has 19 heavy (non-hydrogen) atoms. The van der Waals surface area contributed by atoms with Crippen molar-refractivity contribution in [3.05, 3.63) is 23.9 Å². The molecule has 0 unspecified atom stereocenters. The van der Waals surface area contributed by atoms with Crippen molar-refractivity contribution >= 4 is 11.7 Å². The van der Waals surface area contributed by atoms with Crippen LogP contribution >= 0.6 is 0 Å². The lowest BCUT2D eigenvalue weighted by molar-refractivity contribution is 0.0772. The van der Waals surface area contributed by atoms with Crippen molar-refractivity contribution in [2.45, 2.75) is 40.2 Å². The highest BCUT2D eigenvalue weighted by atomic mass is 16.2. The van der Waals surface area contributed by atoms with Crippen LogP contribution in [0, 0.1) is 5.41 Å². The van der Waals surface area contributed by atoms with Gasteiger partial charge in [-0.25, -0.2) is 4.98 Å². The van der Waals surface area contributed by atoms with Gasteiger partial charge in [0.1, 0.15) is 11.5 Å². The molecule has 1 aromatic rings. The number of aromatic nitrogens is 1. The first-order chi connectivity index (χ1) is 8.87. The maximum absolute atomic E-state index is 12.4. The molecule has 0 spiro atoms. The third kappa shape index (κ3) is 3.46. The van der Waals surface area contributed by atoms with Gasteiger partial charge in [0.15, 0.2) is 0 Å². The quantitative estimate of drug-likeness (QED) is 0.910. The minimum absolute atomic E-state index is 0.0398. The summed E-state index contributed by atoms with van der Waals surface area (Å²) in [6.45, 7) is 10.2. The molecule has 4 heteroatoms. The van der Waals surface area contributed by atoms with E-state index in [9.17, 15) is 4.79 Å². The number of anilines is 1. The van der Waals surface area contributed by atoms with Gasteiger partial charge in [0.05, 0.1) is 0 Å². The zero-order valence-corrected chi connectivity index (χ0v) is 12.2. The van der Waals surface area contributed by atoms with E-state index in [0.717, 1.165) is 25.3 Å². The summed E-state index contributed by atoms with van der Waals surface area (Å²) >= 11 is 0. The van der Waals surface area contributed by atoms with E-state index >= 15 is 0 Å². The lowest BCUT2D eigenvalue weighted by atomic mass is 9.93. The Bertz CT molecular complexity index is 468. The van der Waals surface area contributed by atoms with E-state index in [2.05, 4.69) is 38.0 Å². The number of rotatable bonds is 3. The number of hydrogen-bond acceptors (Lipinski definition) is 3. The topological polar surface area (TPSA) is 45.2 Å². The maximum atomic E-state index is 12.4. The van der Waals surface area contributed by atoms with E-state index < -0.39 is 0 Å². The van der Waals surface area contributed by atoms with Crippen LogP contribution in [0.4, 0.5) is 5.82 Å². The molecule has 0 saturated carbocycles. The van der Waals surface area contributed by atoms with Crippen LogP contribution in [0.15, 0.2) is 18.2 Å². The van der Waals surface area contributed by atoms with Crippen LogP contribution in [0.25, 0.3) is 0 Å². The molecule has 1 aliphatic heterocycles. The van der Waals surface area contributed by atoms with Gasteiger partial charge in [0, 0.05) is 19.1 Å². The van der Waals surface area contributed by atoms with Crippen molar-refractivity contribution in [3.8, 4) is 0 Å². The third-order valence-electron chi connectivity index (χ3n) is 3.37. The molecule has 1 amide bonds. The number of pyridine rings is 1. The summed E-state index contributed by atoms with van der Waals surface area (Å²) in [5.41, 5.74) is 0.757. The summed E-state index contributed by atoms with van der Waals surface area (Å²) in [6.07, 6.45) is 1.06. The first-order valence-corrected chi connectivity index (χ1v) is 6.90. The molecule has 4 nitrogen and oxygen atoms in total. The predicted octanol–water partition coefficient (Wildman–Crippen LogP) is 2.77. The molecule has 104 valence electrons. The van der Waals surface area contributed by atoms with Crippen LogP contribution < -0.4 is 5.32 Å². The number of hydrogen-bond donors (Lipinski definition) is 1. The molecule has 2 rings (SSSR count). The molecular formula is C15H23N3O. The molecule has 1 aliphatic rings. The summed E-state index contributed by atoms with van der Waals surface area (Å²) < 4.78 is 0. The molecule has 0 aromatic carbocycles. The molecule has 1 N–H and O–H groups in total. The summed E-state index contributed by atoms with van der Waals surface area (Å²) in [5, 5.41) is 3.22. The first-order valence-electron chi connectivity index (χ1n) is 6.90. The SMILES string of the molecule is CC(C)Nc1cccc(C(=O)N2CCC(C)(C)C2)n1. The second-order valence-corrected chi connectivity index (χ2v) is 6.35. The van der Waals surface area contributed by atoms with Crippen molar-refractivity contribution in [1.29, 1.82) is 0 Å². The zero-order chi connectivity index (χ0) is 14.0. The van der Waals surface area contributed by atoms with Crippen molar-refractivity contribution in [2.75, 3.05) is 18.4 Å². The average Bonchev–Trinajstić information content (AvgIpc) is 2.68. The van der Waals surface area contributed by atoms with E-state index in [1.807, 2.05) is 17.0 Å². The Morgan fingerprint density at radius 3 is 2.74 bits per heavy atom. The third-order valence-corrected chi connectivity index (χ3v) is 3.37. The van der Waals surface area contributed by atoms with Gasteiger partial charge in [0.2, 0.25) is 0 Å². The molecular weight excluding hydrogens is 238 g/mol. The Balaban J connectivity index is 2.11. The van der Waals surface area contributed by atoms with Crippen LogP contribution in [-0.2, 0) is 0 Å². The summed E-state index contributed by atoms with van der Waals surface area (Å²) in [7, 11) is 0. The van der Waals surface area contributed by atoms with E-state index in [4.69, 9.17) is 0 Å². The zero-order valence-electron chi connectivity index (χ0n) is 12.2. The Hall–Kier alpha value is -1.58. The summed E-state index contributed by atoms with van der Waals surface area (Å²) in [5.74, 6) is 0.803. The molecule has 1 fully saturated rings. The molecule has 1 saturated heterocycles. The molecule has 0 radical (unpaired) electrons. The fourth-order valence-electron chi connectivity index (χ4n) is 2.38. The normalized spacial score (nSPS) is 17.8. The van der Waals surface area contributed by atoms with Gasteiger partial charge >= 0.3 is 0 Å². The van der Waals surface area contributed by atoms with Crippen LogP contribution in [0.1, 0.15) is 44.6 Å². The predicted molar refractivity (Wildman–Crippen MR) is 77.3 cm³/mol. The van der Waals surface area contributed by atoms with Gasteiger partial charge in [-0.3, -0.25) is 4.79 Å². The number of carbonyl (C=O) groups is 1. The highest BCUT2D eigenvalue weighted by Crippen LogP contribution is 2.29. The Labute approximate surface area is 115 Å². The molecule has 2 heterocycles. The van der Waals surface area contributed by atoms with Gasteiger partial charge in [-0.15, -0.1) is 0 Å². The maximum Gasteiger partial charge on any atom is 0.272 e. The largest absolute Gasteiger partial charge is 0.368 e. The van der Waals surface area contributed by atoms with E-state index in [0.29, 0.717) is 11.7 Å². The highest BCUT2D eigenvalue weighted by Gasteiger charge is 2.32. The van der Waals surface area contributed by atoms with Crippen LogP contribution in [0.3, 0.4) is 0 Å². The lowest BCUT2D eigenvalue weighted by Gasteiger charge is -2.19. The number of amides is 1. The van der Waals surface area contributed by atoms with Crippen LogP contribution in [0.5, 0.6) is 0 Å². The van der Waals surface area contributed by atoms with Crippen molar-refractivity contribution < 1.29 is 4.79 Å². The second-order valence-electron chi connectivity index (χ2n) is 6.35. The average molecular weight is 261 g/mol. The highest BCUT2D eigenvalue weighted by molar-refractivity contribution is 5.92. The molecule has 0 aliphatic carbocycles. The fraction of sp³-hybridized carbons (Fsp3) is 0.600. The number of likely N-dealkylation sites (tertiary alicyclic amines) is 1. The van der Waals surface area contributed by atoms with Crippen molar-refractivity contribution in [1.82, 2.24) is 9.88 Å². The molecule has 0 atom stereocenters. The minimum Gasteiger partial charge on any atom is -0.368 e. The second kappa shape index (κ2) is 5.19. The monoisotopic (exact) mass is 261 g/mol. The van der Waals surface area contributed by atoms with Gasteiger partial charge in [-0.05, 0) is 37.8 Å². The van der Waals surface area contributed by atoms with Crippen molar-refractivity contribution in [3.63, 3.8) is 0 Å². The standard InChI is InChI=1S/C15H23N3O/c1-11(2)16-13-7-5-6-12(17-13)14(19)18-9-8-15(3,4)10-18/h5-7,11H,8-10H2,1-4H3,(H,16,17). The van der Waals surface area contributed by atoms with Gasteiger partial charge in [-0.2, -0.15) is 0 Å². The van der Waals surface area contributed by atoms with E-state index in [1.165, 1.54) is 0 Å². The van der Waals surface area contributed by atoms with Gasteiger partial charge in [-0.1, -0.05) is 19.9 Å². The van der Waals surface area contributed by atoms with Gasteiger partial charge in [0.25, 0.3) is 5.91 Å². The van der Waals surface area contributed by atoms with Gasteiger partial charge < -0.3 is 10.2 Å². The Morgan fingerprint density at radius 1 is 1.42 bits per heavy atom. The van der Waals surface area contributed by atoms with Crippen LogP contribution in [0.2, 0.25) is 0 Å². The number of nitrogens with one attached hydrogen (secondary N) is 1. The summed E-state index contributed by atoms with van der Waals surface area (Å²) in [4.78, 5) is 18.7. The summed E-state index contributed by atoms with van der Waals surface area (Å²) in [6, 6.07) is 5.87. The number of carbonyl (C=O) groups excluding carboxylic acids is 1. The lowest BCUT2D eigenvalue weighted by Crippen LogP contribution is -2.31. The minimum atomic E-state index is 0.0398. The Morgan fingerprint density at radius 2 is 2.16 bits per heavy atom. The smallest absolute Gasteiger partial charge is 0.272 e. The van der Waals surface area contributed by atoms with E-state index in [1.54, 1.807) is 6.07 Å². The Kier molecular flexibility index (Phi) is 3.78. The molecule has 0 bridgehead atoms. The van der Waals surface area contributed by atoms with Crippen molar-refractivity contribution in [2.24, 2.45) is 5.41 Å². The number of nitrogens with zero attached hydrogens (tertiary/aromatic N) is 2. The van der Waals surface area contributed by atoms with Crippen LogP contribution in [-0.4, -0.2) is 34.9 Å². The molecule has 1 aromatic heterocycles. The van der Waals surface area contributed by atoms with E-state index in [-0.39, 0.29) is 11.3 Å².